The third-order valence-electron chi connectivity index (χ3n) is 1.49. The average Bonchev–Trinajstić information content (AvgIpc) is 2.07. The Hall–Kier alpha value is -1.52. The number of nitrogens with two attached hydrogens (primary N) is 1. The molecule has 5 heteroatoms. The normalized spacial score (nSPS) is 11.4. The van der Waals surface area contributed by atoms with Crippen LogP contribution >= 0.6 is 0 Å². The molecule has 0 unspecified atom stereocenters. The Kier molecular flexibility index (Phi) is 6.22. The van der Waals surface area contributed by atoms with E-state index in [-0.39, 0.29) is 5.97 Å². The Bertz CT molecular complexity index is 267. The molecular weight excluding hydrogens is 208 g/mol. The fourth-order valence-corrected chi connectivity index (χ4v) is 0.952. The fraction of sp³-hybridized carbons (Fsp3) is 0.636. The number of primary amides is 1. The molecule has 0 saturated carbocycles. The molecule has 0 fully saturated rings. The number of ether oxygens (including phenoxy) is 1. The van der Waals surface area contributed by atoms with E-state index < -0.39 is 11.5 Å². The standard InChI is InChI=1S/C11H20N2O3/c1-11(2,3)16-10(15)5-4-7-13-8-6-9(12)14/h6,8,13H,4-5,7H2,1-3H3,(H2,12,14)/b8-6+. The Balaban J connectivity index is 3.53. The molecule has 0 aliphatic carbocycles. The summed E-state index contributed by atoms with van der Waals surface area (Å²) >= 11 is 0. The third kappa shape index (κ3) is 10.6. The summed E-state index contributed by atoms with van der Waals surface area (Å²) in [7, 11) is 0. The van der Waals surface area contributed by atoms with Crippen molar-refractivity contribution in [1.82, 2.24) is 5.32 Å². The van der Waals surface area contributed by atoms with Gasteiger partial charge in [-0.05, 0) is 27.2 Å². The summed E-state index contributed by atoms with van der Waals surface area (Å²) in [6.45, 7) is 6.10. The van der Waals surface area contributed by atoms with Crippen molar-refractivity contribution < 1.29 is 14.3 Å². The number of nitrogens with one attached hydrogen (secondary N) is 1. The molecule has 92 valence electrons. The van der Waals surface area contributed by atoms with Crippen LogP contribution in [0, 0.1) is 0 Å². The lowest BCUT2D eigenvalue weighted by molar-refractivity contribution is -0.154. The minimum Gasteiger partial charge on any atom is -0.460 e. The number of amides is 1. The summed E-state index contributed by atoms with van der Waals surface area (Å²) in [5.74, 6) is -0.715. The molecule has 0 aromatic rings. The van der Waals surface area contributed by atoms with Crippen LogP contribution in [0.3, 0.4) is 0 Å². The maximum absolute atomic E-state index is 11.3. The first-order valence-electron chi connectivity index (χ1n) is 5.22. The molecule has 0 spiro atoms. The molecule has 0 aliphatic rings. The van der Waals surface area contributed by atoms with Gasteiger partial charge in [-0.2, -0.15) is 0 Å². The molecular formula is C11H20N2O3. The molecule has 0 heterocycles. The average molecular weight is 228 g/mol. The van der Waals surface area contributed by atoms with Crippen LogP contribution in [0.15, 0.2) is 12.3 Å². The first-order chi connectivity index (χ1) is 7.31. The van der Waals surface area contributed by atoms with Crippen molar-refractivity contribution in [3.8, 4) is 0 Å². The largest absolute Gasteiger partial charge is 0.460 e. The molecule has 0 aromatic carbocycles. The monoisotopic (exact) mass is 228 g/mol. The van der Waals surface area contributed by atoms with E-state index in [4.69, 9.17) is 10.5 Å². The van der Waals surface area contributed by atoms with E-state index in [1.807, 2.05) is 20.8 Å². The molecule has 16 heavy (non-hydrogen) atoms. The number of esters is 1. The minimum atomic E-state index is -0.500. The summed E-state index contributed by atoms with van der Waals surface area (Å²) in [5, 5.41) is 2.85. The van der Waals surface area contributed by atoms with Gasteiger partial charge in [0.1, 0.15) is 5.60 Å². The highest BCUT2D eigenvalue weighted by molar-refractivity contribution is 5.85. The second-order valence-corrected chi connectivity index (χ2v) is 4.38. The fourth-order valence-electron chi connectivity index (χ4n) is 0.952. The second-order valence-electron chi connectivity index (χ2n) is 4.38. The van der Waals surface area contributed by atoms with E-state index in [9.17, 15) is 9.59 Å². The Morgan fingerprint density at radius 1 is 1.38 bits per heavy atom. The summed E-state index contributed by atoms with van der Waals surface area (Å²) < 4.78 is 5.12. The topological polar surface area (TPSA) is 81.4 Å². The lowest BCUT2D eigenvalue weighted by Crippen LogP contribution is -2.24. The van der Waals surface area contributed by atoms with Gasteiger partial charge in [-0.3, -0.25) is 9.59 Å². The number of hydrogen-bond acceptors (Lipinski definition) is 4. The van der Waals surface area contributed by atoms with Gasteiger partial charge in [0.05, 0.1) is 0 Å². The van der Waals surface area contributed by atoms with E-state index in [0.29, 0.717) is 19.4 Å². The molecule has 0 aromatic heterocycles. The SMILES string of the molecule is CC(C)(C)OC(=O)CCCN/C=C/C(N)=O. The highest BCUT2D eigenvalue weighted by atomic mass is 16.6. The third-order valence-corrected chi connectivity index (χ3v) is 1.49. The van der Waals surface area contributed by atoms with Crippen molar-refractivity contribution in [2.75, 3.05) is 6.54 Å². The zero-order valence-electron chi connectivity index (χ0n) is 10.1. The van der Waals surface area contributed by atoms with E-state index >= 15 is 0 Å². The smallest absolute Gasteiger partial charge is 0.306 e. The molecule has 5 nitrogen and oxygen atoms in total. The lowest BCUT2D eigenvalue weighted by Gasteiger charge is -2.19. The number of carbonyl (C=O) groups excluding carboxylic acids is 2. The van der Waals surface area contributed by atoms with Crippen molar-refractivity contribution >= 4 is 11.9 Å². The Labute approximate surface area is 96.0 Å². The van der Waals surface area contributed by atoms with E-state index in [1.54, 1.807) is 0 Å². The number of rotatable bonds is 6. The van der Waals surface area contributed by atoms with Crippen LogP contribution in [-0.2, 0) is 14.3 Å². The Morgan fingerprint density at radius 2 is 2.00 bits per heavy atom. The Morgan fingerprint density at radius 3 is 2.50 bits per heavy atom. The molecule has 0 rings (SSSR count). The van der Waals surface area contributed by atoms with Crippen molar-refractivity contribution in [2.24, 2.45) is 5.73 Å². The van der Waals surface area contributed by atoms with Crippen molar-refractivity contribution in [1.29, 1.82) is 0 Å². The van der Waals surface area contributed by atoms with E-state index in [1.165, 1.54) is 12.3 Å². The molecule has 0 atom stereocenters. The molecule has 0 bridgehead atoms. The maximum atomic E-state index is 11.3. The van der Waals surface area contributed by atoms with Gasteiger partial charge >= 0.3 is 5.97 Å². The van der Waals surface area contributed by atoms with Gasteiger partial charge in [-0.1, -0.05) is 0 Å². The first-order valence-corrected chi connectivity index (χ1v) is 5.22. The zero-order valence-corrected chi connectivity index (χ0v) is 10.1. The molecule has 1 amide bonds. The second kappa shape index (κ2) is 6.87. The van der Waals surface area contributed by atoms with Crippen LogP contribution in [0.2, 0.25) is 0 Å². The number of carbonyl (C=O) groups is 2. The summed E-state index contributed by atoms with van der Waals surface area (Å²) in [4.78, 5) is 21.6. The van der Waals surface area contributed by atoms with Crippen molar-refractivity contribution in [3.63, 3.8) is 0 Å². The van der Waals surface area contributed by atoms with Gasteiger partial charge < -0.3 is 15.8 Å². The predicted octanol–water partition coefficient (Wildman–Crippen LogP) is 0.697. The van der Waals surface area contributed by atoms with Crippen molar-refractivity contribution in [3.05, 3.63) is 12.3 Å². The molecule has 0 radical (unpaired) electrons. The molecule has 0 aliphatic heterocycles. The summed E-state index contributed by atoms with van der Waals surface area (Å²) in [6, 6.07) is 0. The van der Waals surface area contributed by atoms with Gasteiger partial charge in [0.25, 0.3) is 0 Å². The van der Waals surface area contributed by atoms with Crippen LogP contribution < -0.4 is 11.1 Å². The van der Waals surface area contributed by atoms with Crippen LogP contribution in [-0.4, -0.2) is 24.0 Å². The van der Waals surface area contributed by atoms with Crippen molar-refractivity contribution in [2.45, 2.75) is 39.2 Å². The van der Waals surface area contributed by atoms with Crippen LogP contribution in [0.4, 0.5) is 0 Å². The van der Waals surface area contributed by atoms with Gasteiger partial charge in [-0.25, -0.2) is 0 Å². The van der Waals surface area contributed by atoms with E-state index in [2.05, 4.69) is 5.32 Å². The highest BCUT2D eigenvalue weighted by Gasteiger charge is 2.15. The van der Waals surface area contributed by atoms with Crippen LogP contribution in [0.5, 0.6) is 0 Å². The van der Waals surface area contributed by atoms with E-state index in [0.717, 1.165) is 0 Å². The summed E-state index contributed by atoms with van der Waals surface area (Å²) in [6.07, 6.45) is 3.71. The van der Waals surface area contributed by atoms with Gasteiger partial charge in [-0.15, -0.1) is 0 Å². The van der Waals surface area contributed by atoms with Gasteiger partial charge in [0.15, 0.2) is 0 Å². The lowest BCUT2D eigenvalue weighted by atomic mass is 10.2. The minimum absolute atomic E-state index is 0.215. The highest BCUT2D eigenvalue weighted by Crippen LogP contribution is 2.08. The summed E-state index contributed by atoms with van der Waals surface area (Å²) in [5.41, 5.74) is 4.45. The maximum Gasteiger partial charge on any atom is 0.306 e. The van der Waals surface area contributed by atoms with Crippen LogP contribution in [0.1, 0.15) is 33.6 Å². The number of hydrogen-bond donors (Lipinski definition) is 2. The first kappa shape index (κ1) is 14.5. The quantitative estimate of drug-likeness (QED) is 0.398. The molecule has 3 N–H and O–H groups in total. The predicted molar refractivity (Wildman–Crippen MR) is 61.4 cm³/mol. The van der Waals surface area contributed by atoms with Gasteiger partial charge in [0.2, 0.25) is 5.91 Å². The zero-order chi connectivity index (χ0) is 12.6. The van der Waals surface area contributed by atoms with Crippen LogP contribution in [0.25, 0.3) is 0 Å². The molecule has 0 saturated heterocycles. The van der Waals surface area contributed by atoms with Gasteiger partial charge in [0, 0.05) is 25.2 Å².